The fourth-order valence-corrected chi connectivity index (χ4v) is 1.13. The Morgan fingerprint density at radius 2 is 1.92 bits per heavy atom. The summed E-state index contributed by atoms with van der Waals surface area (Å²) in [4.78, 5) is 8.23. The fourth-order valence-electron chi connectivity index (χ4n) is 1.13. The van der Waals surface area contributed by atoms with Gasteiger partial charge in [0, 0.05) is 12.1 Å². The first kappa shape index (κ1) is 9.92. The van der Waals surface area contributed by atoms with Crippen molar-refractivity contribution in [1.29, 1.82) is 0 Å². The van der Waals surface area contributed by atoms with Crippen LogP contribution in [0.5, 0.6) is 0 Å². The minimum Gasteiger partial charge on any atom is -0.384 e. The molecule has 1 atom stereocenters. The van der Waals surface area contributed by atoms with Gasteiger partial charge in [-0.15, -0.1) is 0 Å². The van der Waals surface area contributed by atoms with E-state index in [-0.39, 0.29) is 6.04 Å². The minimum atomic E-state index is -0.0657. The Hall–Kier alpha value is -1.16. The van der Waals surface area contributed by atoms with Gasteiger partial charge >= 0.3 is 0 Å². The number of nitrogens with two attached hydrogens (primary N) is 2. The van der Waals surface area contributed by atoms with E-state index in [4.69, 9.17) is 11.5 Å². The lowest BCUT2D eigenvalue weighted by atomic mass is 10.0. The molecule has 0 unspecified atom stereocenters. The average Bonchev–Trinajstić information content (AvgIpc) is 2.01. The molecule has 1 aromatic heterocycles. The zero-order valence-corrected chi connectivity index (χ0v) is 8.28. The Labute approximate surface area is 78.4 Å². The highest BCUT2D eigenvalue weighted by atomic mass is 15.0. The zero-order valence-electron chi connectivity index (χ0n) is 8.28. The molecule has 0 spiro atoms. The smallest absolute Gasteiger partial charge is 0.127 e. The highest BCUT2D eigenvalue weighted by molar-refractivity contribution is 5.30. The number of aryl methyl sites for hydroxylation is 1. The van der Waals surface area contributed by atoms with Crippen LogP contribution in [0.25, 0.3) is 0 Å². The number of anilines is 1. The van der Waals surface area contributed by atoms with Crippen LogP contribution in [-0.4, -0.2) is 9.97 Å². The summed E-state index contributed by atoms with van der Waals surface area (Å²) in [5.74, 6) is 1.51. The minimum absolute atomic E-state index is 0.0657. The van der Waals surface area contributed by atoms with E-state index in [0.29, 0.717) is 17.6 Å². The topological polar surface area (TPSA) is 77.8 Å². The summed E-state index contributed by atoms with van der Waals surface area (Å²) in [6.07, 6.45) is 0. The van der Waals surface area contributed by atoms with E-state index in [0.717, 1.165) is 5.69 Å². The summed E-state index contributed by atoms with van der Waals surface area (Å²) in [7, 11) is 0. The molecule has 0 aromatic carbocycles. The molecule has 4 heteroatoms. The summed E-state index contributed by atoms with van der Waals surface area (Å²) in [5, 5.41) is 0. The van der Waals surface area contributed by atoms with Gasteiger partial charge in [0.15, 0.2) is 0 Å². The molecule has 13 heavy (non-hydrogen) atoms. The Bertz CT molecular complexity index is 275. The van der Waals surface area contributed by atoms with E-state index < -0.39 is 0 Å². The highest BCUT2D eigenvalue weighted by Crippen LogP contribution is 2.17. The lowest BCUT2D eigenvalue weighted by Gasteiger charge is -2.15. The Kier molecular flexibility index (Phi) is 2.83. The molecular weight excluding hydrogens is 164 g/mol. The van der Waals surface area contributed by atoms with Gasteiger partial charge in [0.2, 0.25) is 0 Å². The molecule has 0 amide bonds. The molecule has 1 aromatic rings. The number of hydrogen-bond acceptors (Lipinski definition) is 4. The Morgan fingerprint density at radius 3 is 2.38 bits per heavy atom. The van der Waals surface area contributed by atoms with Gasteiger partial charge in [-0.05, 0) is 12.8 Å². The lowest BCUT2D eigenvalue weighted by Crippen LogP contribution is -2.19. The molecule has 0 saturated heterocycles. The Balaban J connectivity index is 3.01. The van der Waals surface area contributed by atoms with Crippen molar-refractivity contribution in [3.05, 3.63) is 17.6 Å². The van der Waals surface area contributed by atoms with E-state index in [2.05, 4.69) is 23.8 Å². The standard InChI is InChI=1S/C9H16N4/c1-5(2)9(11)7-4-8(10)13-6(3)12-7/h4-5,9H,11H2,1-3H3,(H2,10,12,13)/t9-/m0/s1. The number of aromatic nitrogens is 2. The maximum absolute atomic E-state index is 5.93. The van der Waals surface area contributed by atoms with Gasteiger partial charge in [0.1, 0.15) is 11.6 Å². The molecule has 4 N–H and O–H groups in total. The van der Waals surface area contributed by atoms with Gasteiger partial charge in [-0.25, -0.2) is 9.97 Å². The molecular formula is C9H16N4. The summed E-state index contributed by atoms with van der Waals surface area (Å²) >= 11 is 0. The second-order valence-electron chi connectivity index (χ2n) is 3.53. The average molecular weight is 180 g/mol. The maximum atomic E-state index is 5.93. The highest BCUT2D eigenvalue weighted by Gasteiger charge is 2.12. The van der Waals surface area contributed by atoms with Gasteiger partial charge < -0.3 is 11.5 Å². The number of rotatable bonds is 2. The van der Waals surface area contributed by atoms with Crippen LogP contribution < -0.4 is 11.5 Å². The van der Waals surface area contributed by atoms with Gasteiger partial charge in [-0.3, -0.25) is 0 Å². The summed E-state index contributed by atoms with van der Waals surface area (Å²) in [6.45, 7) is 5.92. The summed E-state index contributed by atoms with van der Waals surface area (Å²) < 4.78 is 0. The molecule has 1 rings (SSSR count). The molecule has 0 aliphatic rings. The molecule has 0 radical (unpaired) electrons. The van der Waals surface area contributed by atoms with E-state index in [1.54, 1.807) is 6.07 Å². The quantitative estimate of drug-likeness (QED) is 0.712. The van der Waals surface area contributed by atoms with Crippen molar-refractivity contribution < 1.29 is 0 Å². The maximum Gasteiger partial charge on any atom is 0.127 e. The SMILES string of the molecule is Cc1nc(N)cc([C@@H](N)C(C)C)n1. The summed E-state index contributed by atoms with van der Waals surface area (Å²) in [6, 6.07) is 1.67. The predicted octanol–water partition coefficient (Wildman–Crippen LogP) is 1.02. The first-order valence-corrected chi connectivity index (χ1v) is 4.37. The lowest BCUT2D eigenvalue weighted by molar-refractivity contribution is 0.501. The monoisotopic (exact) mass is 180 g/mol. The van der Waals surface area contributed by atoms with Crippen LogP contribution in [0.3, 0.4) is 0 Å². The van der Waals surface area contributed by atoms with Crippen LogP contribution >= 0.6 is 0 Å². The molecule has 0 saturated carbocycles. The number of nitrogen functional groups attached to an aromatic ring is 1. The van der Waals surface area contributed by atoms with Crippen LogP contribution in [0.1, 0.15) is 31.4 Å². The van der Waals surface area contributed by atoms with Crippen LogP contribution in [0.4, 0.5) is 5.82 Å². The fraction of sp³-hybridized carbons (Fsp3) is 0.556. The number of nitrogens with zero attached hydrogens (tertiary/aromatic N) is 2. The van der Waals surface area contributed by atoms with Crippen LogP contribution in [0.15, 0.2) is 6.07 Å². The Morgan fingerprint density at radius 1 is 1.31 bits per heavy atom. The molecule has 0 aliphatic carbocycles. The largest absolute Gasteiger partial charge is 0.384 e. The molecule has 72 valence electrons. The van der Waals surface area contributed by atoms with Crippen LogP contribution in [0.2, 0.25) is 0 Å². The molecule has 0 bridgehead atoms. The van der Waals surface area contributed by atoms with Crippen molar-refractivity contribution in [3.63, 3.8) is 0 Å². The molecule has 1 heterocycles. The second kappa shape index (κ2) is 3.70. The number of hydrogen-bond donors (Lipinski definition) is 2. The summed E-state index contributed by atoms with van der Waals surface area (Å²) in [5.41, 5.74) is 12.3. The molecule has 0 aliphatic heterocycles. The molecule has 4 nitrogen and oxygen atoms in total. The predicted molar refractivity (Wildman–Crippen MR) is 52.9 cm³/mol. The van der Waals surface area contributed by atoms with Gasteiger partial charge in [-0.1, -0.05) is 13.8 Å². The van der Waals surface area contributed by atoms with Gasteiger partial charge in [0.05, 0.1) is 5.69 Å². The van der Waals surface area contributed by atoms with Crippen molar-refractivity contribution in [3.8, 4) is 0 Å². The van der Waals surface area contributed by atoms with E-state index in [9.17, 15) is 0 Å². The normalized spacial score (nSPS) is 13.3. The van der Waals surface area contributed by atoms with Gasteiger partial charge in [-0.2, -0.15) is 0 Å². The first-order valence-electron chi connectivity index (χ1n) is 4.37. The van der Waals surface area contributed by atoms with Crippen molar-refractivity contribution in [1.82, 2.24) is 9.97 Å². The zero-order chi connectivity index (χ0) is 10.0. The van der Waals surface area contributed by atoms with Crippen molar-refractivity contribution in [2.45, 2.75) is 26.8 Å². The third-order valence-corrected chi connectivity index (χ3v) is 1.94. The van der Waals surface area contributed by atoms with Crippen molar-refractivity contribution in [2.75, 3.05) is 5.73 Å². The van der Waals surface area contributed by atoms with Gasteiger partial charge in [0.25, 0.3) is 0 Å². The van der Waals surface area contributed by atoms with Crippen molar-refractivity contribution in [2.24, 2.45) is 11.7 Å². The van der Waals surface area contributed by atoms with Crippen LogP contribution in [0, 0.1) is 12.8 Å². The third kappa shape index (κ3) is 2.39. The second-order valence-corrected chi connectivity index (χ2v) is 3.53. The van der Waals surface area contributed by atoms with Crippen molar-refractivity contribution >= 4 is 5.82 Å². The van der Waals surface area contributed by atoms with Crippen LogP contribution in [-0.2, 0) is 0 Å². The van der Waals surface area contributed by atoms with E-state index in [1.807, 2.05) is 6.92 Å². The van der Waals surface area contributed by atoms with E-state index >= 15 is 0 Å². The third-order valence-electron chi connectivity index (χ3n) is 1.94. The van der Waals surface area contributed by atoms with E-state index in [1.165, 1.54) is 0 Å². The molecule has 0 fully saturated rings. The first-order chi connectivity index (χ1) is 6.00.